The van der Waals surface area contributed by atoms with E-state index in [1.807, 2.05) is 18.2 Å². The summed E-state index contributed by atoms with van der Waals surface area (Å²) in [5.41, 5.74) is 0.836. The number of amides is 1. The number of nitrogens with one attached hydrogen (secondary N) is 3. The number of aromatic amines is 2. The van der Waals surface area contributed by atoms with Crippen molar-refractivity contribution in [2.45, 2.75) is 6.54 Å². The summed E-state index contributed by atoms with van der Waals surface area (Å²) in [5.74, 6) is -1.03. The first-order chi connectivity index (χ1) is 13.0. The Labute approximate surface area is 151 Å². The van der Waals surface area contributed by atoms with Crippen molar-refractivity contribution in [1.29, 1.82) is 0 Å². The SMILES string of the molecule is O=C(NCCn1c(=O)[nH]c2ccccc21)c1cc2ccc(F)cc2[nH]c1=O. The van der Waals surface area contributed by atoms with Crippen LogP contribution in [0.15, 0.2) is 58.1 Å². The average molecular weight is 366 g/mol. The highest BCUT2D eigenvalue weighted by molar-refractivity contribution is 5.97. The Kier molecular flexibility index (Phi) is 4.08. The van der Waals surface area contributed by atoms with Crippen molar-refractivity contribution in [2.75, 3.05) is 6.54 Å². The number of hydrogen-bond acceptors (Lipinski definition) is 3. The molecule has 7 nitrogen and oxygen atoms in total. The minimum atomic E-state index is -0.602. The number of fused-ring (bicyclic) bond motifs is 2. The van der Waals surface area contributed by atoms with E-state index in [1.165, 1.54) is 28.8 Å². The number of para-hydroxylation sites is 2. The van der Waals surface area contributed by atoms with E-state index in [2.05, 4.69) is 15.3 Å². The molecule has 27 heavy (non-hydrogen) atoms. The van der Waals surface area contributed by atoms with Gasteiger partial charge in [-0.15, -0.1) is 0 Å². The molecule has 0 unspecified atom stereocenters. The largest absolute Gasteiger partial charge is 0.350 e. The molecule has 1 amide bonds. The fourth-order valence-electron chi connectivity index (χ4n) is 3.05. The molecule has 0 atom stereocenters. The van der Waals surface area contributed by atoms with Gasteiger partial charge < -0.3 is 15.3 Å². The van der Waals surface area contributed by atoms with Gasteiger partial charge in [0.05, 0.1) is 16.6 Å². The first-order valence-electron chi connectivity index (χ1n) is 8.31. The number of halogens is 1. The third-order valence-electron chi connectivity index (χ3n) is 4.36. The van der Waals surface area contributed by atoms with Gasteiger partial charge in [0.25, 0.3) is 11.5 Å². The molecule has 0 saturated carbocycles. The van der Waals surface area contributed by atoms with Gasteiger partial charge in [-0.25, -0.2) is 9.18 Å². The van der Waals surface area contributed by atoms with E-state index in [-0.39, 0.29) is 24.3 Å². The summed E-state index contributed by atoms with van der Waals surface area (Å²) >= 11 is 0. The Hall–Kier alpha value is -3.68. The lowest BCUT2D eigenvalue weighted by molar-refractivity contribution is 0.0951. The Balaban J connectivity index is 1.53. The van der Waals surface area contributed by atoms with Crippen LogP contribution in [-0.2, 0) is 6.54 Å². The molecule has 0 aliphatic rings. The van der Waals surface area contributed by atoms with Crippen LogP contribution in [0.25, 0.3) is 21.9 Å². The van der Waals surface area contributed by atoms with Crippen molar-refractivity contribution in [3.8, 4) is 0 Å². The Morgan fingerprint density at radius 2 is 1.85 bits per heavy atom. The maximum absolute atomic E-state index is 13.2. The molecular weight excluding hydrogens is 351 g/mol. The lowest BCUT2D eigenvalue weighted by Crippen LogP contribution is -2.33. The van der Waals surface area contributed by atoms with Gasteiger partial charge in [0.2, 0.25) is 0 Å². The Morgan fingerprint density at radius 3 is 2.70 bits per heavy atom. The van der Waals surface area contributed by atoms with Crippen LogP contribution in [-0.4, -0.2) is 27.0 Å². The number of benzene rings is 2. The maximum atomic E-state index is 13.2. The van der Waals surface area contributed by atoms with E-state index in [1.54, 1.807) is 6.07 Å². The van der Waals surface area contributed by atoms with Crippen molar-refractivity contribution in [1.82, 2.24) is 19.9 Å². The predicted molar refractivity (Wildman–Crippen MR) is 99.4 cm³/mol. The second kappa shape index (κ2) is 6.56. The summed E-state index contributed by atoms with van der Waals surface area (Å²) in [6.07, 6.45) is 0. The second-order valence-corrected chi connectivity index (χ2v) is 6.10. The van der Waals surface area contributed by atoms with Crippen molar-refractivity contribution < 1.29 is 9.18 Å². The summed E-state index contributed by atoms with van der Waals surface area (Å²) in [7, 11) is 0. The molecule has 0 aliphatic carbocycles. The summed E-state index contributed by atoms with van der Waals surface area (Å²) in [6.45, 7) is 0.423. The van der Waals surface area contributed by atoms with Crippen LogP contribution in [0.3, 0.4) is 0 Å². The highest BCUT2D eigenvalue weighted by atomic mass is 19.1. The molecule has 4 rings (SSSR count). The Morgan fingerprint density at radius 1 is 1.04 bits per heavy atom. The molecule has 0 radical (unpaired) electrons. The molecule has 4 aromatic rings. The highest BCUT2D eigenvalue weighted by Gasteiger charge is 2.12. The van der Waals surface area contributed by atoms with Gasteiger partial charge in [0, 0.05) is 13.1 Å². The molecule has 8 heteroatoms. The van der Waals surface area contributed by atoms with Crippen LogP contribution in [0.2, 0.25) is 0 Å². The number of hydrogen-bond donors (Lipinski definition) is 3. The first kappa shape index (κ1) is 16.8. The van der Waals surface area contributed by atoms with E-state index in [4.69, 9.17) is 0 Å². The highest BCUT2D eigenvalue weighted by Crippen LogP contribution is 2.13. The molecule has 0 aliphatic heterocycles. The number of imidazole rings is 1. The maximum Gasteiger partial charge on any atom is 0.326 e. The van der Waals surface area contributed by atoms with Gasteiger partial charge in [0.15, 0.2) is 0 Å². The van der Waals surface area contributed by atoms with Gasteiger partial charge in [-0.3, -0.25) is 14.2 Å². The zero-order valence-corrected chi connectivity index (χ0v) is 14.1. The van der Waals surface area contributed by atoms with E-state index in [0.717, 1.165) is 5.52 Å². The lowest BCUT2D eigenvalue weighted by atomic mass is 10.1. The fraction of sp³-hybridized carbons (Fsp3) is 0.105. The van der Waals surface area contributed by atoms with Crippen molar-refractivity contribution in [3.63, 3.8) is 0 Å². The molecule has 3 N–H and O–H groups in total. The van der Waals surface area contributed by atoms with Crippen LogP contribution in [0.4, 0.5) is 4.39 Å². The number of aromatic nitrogens is 3. The normalized spacial score (nSPS) is 11.1. The van der Waals surface area contributed by atoms with Crippen molar-refractivity contribution in [3.05, 3.63) is 80.7 Å². The molecular formula is C19H15FN4O3. The van der Waals surface area contributed by atoms with E-state index < -0.39 is 17.3 Å². The van der Waals surface area contributed by atoms with Gasteiger partial charge in [0.1, 0.15) is 11.4 Å². The summed E-state index contributed by atoms with van der Waals surface area (Å²) in [4.78, 5) is 41.7. The molecule has 2 aromatic heterocycles. The topological polar surface area (TPSA) is 99.8 Å². The van der Waals surface area contributed by atoms with Crippen LogP contribution in [0.5, 0.6) is 0 Å². The van der Waals surface area contributed by atoms with Gasteiger partial charge in [-0.1, -0.05) is 12.1 Å². The first-order valence-corrected chi connectivity index (χ1v) is 8.31. The zero-order valence-electron chi connectivity index (χ0n) is 14.1. The molecule has 2 aromatic carbocycles. The van der Waals surface area contributed by atoms with Gasteiger partial charge in [-0.2, -0.15) is 0 Å². The minimum Gasteiger partial charge on any atom is -0.350 e. The Bertz CT molecular complexity index is 1290. The van der Waals surface area contributed by atoms with Crippen molar-refractivity contribution in [2.24, 2.45) is 0 Å². The molecule has 2 heterocycles. The van der Waals surface area contributed by atoms with E-state index >= 15 is 0 Å². The monoisotopic (exact) mass is 366 g/mol. The van der Waals surface area contributed by atoms with E-state index in [9.17, 15) is 18.8 Å². The second-order valence-electron chi connectivity index (χ2n) is 6.10. The zero-order chi connectivity index (χ0) is 19.0. The van der Waals surface area contributed by atoms with Crippen LogP contribution < -0.4 is 16.6 Å². The average Bonchev–Trinajstić information content (AvgIpc) is 2.96. The number of carbonyl (C=O) groups excluding carboxylic acids is 1. The minimum absolute atomic E-state index is 0.0691. The van der Waals surface area contributed by atoms with Crippen LogP contribution >= 0.6 is 0 Å². The quantitative estimate of drug-likeness (QED) is 0.513. The van der Waals surface area contributed by atoms with E-state index in [0.29, 0.717) is 16.4 Å². The predicted octanol–water partition coefficient (Wildman–Crippen LogP) is 1.74. The smallest absolute Gasteiger partial charge is 0.326 e. The summed E-state index contributed by atoms with van der Waals surface area (Å²) in [5, 5.41) is 3.19. The molecule has 0 bridgehead atoms. The third kappa shape index (κ3) is 3.12. The van der Waals surface area contributed by atoms with Gasteiger partial charge in [-0.05, 0) is 41.8 Å². The number of carbonyl (C=O) groups is 1. The van der Waals surface area contributed by atoms with Crippen molar-refractivity contribution >= 4 is 27.8 Å². The standard InChI is InChI=1S/C19H15FN4O3/c20-12-6-5-11-9-13(18(26)22-15(11)10-12)17(25)21-7-8-24-16-4-2-1-3-14(16)23-19(24)27/h1-6,9-10H,7-8H2,(H,21,25)(H,22,26)(H,23,27). The number of H-pyrrole nitrogens is 2. The van der Waals surface area contributed by atoms with Crippen LogP contribution in [0, 0.1) is 5.82 Å². The fourth-order valence-corrected chi connectivity index (χ4v) is 3.05. The van der Waals surface area contributed by atoms with Crippen LogP contribution in [0.1, 0.15) is 10.4 Å². The summed E-state index contributed by atoms with van der Waals surface area (Å²) < 4.78 is 14.8. The molecule has 0 saturated heterocycles. The summed E-state index contributed by atoms with van der Waals surface area (Å²) in [6, 6.07) is 12.6. The molecule has 0 fully saturated rings. The van der Waals surface area contributed by atoms with Gasteiger partial charge >= 0.3 is 5.69 Å². The molecule has 136 valence electrons. The lowest BCUT2D eigenvalue weighted by Gasteiger charge is -2.07. The number of rotatable bonds is 4. The third-order valence-corrected chi connectivity index (χ3v) is 4.36. The number of pyridine rings is 1. The number of nitrogens with zero attached hydrogens (tertiary/aromatic N) is 1. The molecule has 0 spiro atoms.